The Bertz CT molecular complexity index is 748. The highest BCUT2D eigenvalue weighted by Gasteiger charge is 2.57. The fourth-order valence-electron chi connectivity index (χ4n) is 3.98. The van der Waals surface area contributed by atoms with Crippen LogP contribution >= 0.6 is 0 Å². The Morgan fingerprint density at radius 3 is 2.40 bits per heavy atom. The summed E-state index contributed by atoms with van der Waals surface area (Å²) in [7, 11) is -3.78. The first-order valence-corrected chi connectivity index (χ1v) is 10.1. The summed E-state index contributed by atoms with van der Waals surface area (Å²) in [5.41, 5.74) is 1.03. The van der Waals surface area contributed by atoms with Crippen LogP contribution in [0.4, 0.5) is 0 Å². The predicted molar refractivity (Wildman–Crippen MR) is 91.4 cm³/mol. The van der Waals surface area contributed by atoms with E-state index >= 15 is 0 Å². The zero-order valence-electron chi connectivity index (χ0n) is 14.9. The lowest BCUT2D eigenvalue weighted by atomic mass is 9.91. The second-order valence-corrected chi connectivity index (χ2v) is 9.81. The van der Waals surface area contributed by atoms with Gasteiger partial charge in [0.05, 0.1) is 30.8 Å². The zero-order chi connectivity index (χ0) is 17.9. The number of hydrogen-bond acceptors (Lipinski definition) is 6. The van der Waals surface area contributed by atoms with E-state index in [1.165, 1.54) is 0 Å². The normalized spacial score (nSPS) is 33.2. The van der Waals surface area contributed by atoms with Gasteiger partial charge in [-0.1, -0.05) is 32.9 Å². The second kappa shape index (κ2) is 5.76. The summed E-state index contributed by atoms with van der Waals surface area (Å²) in [6.45, 7) is 9.00. The van der Waals surface area contributed by atoms with Gasteiger partial charge in [-0.15, -0.1) is 0 Å². The van der Waals surface area contributed by atoms with Crippen molar-refractivity contribution in [2.24, 2.45) is 11.3 Å². The van der Waals surface area contributed by atoms with E-state index in [0.29, 0.717) is 13.2 Å². The van der Waals surface area contributed by atoms with Crippen molar-refractivity contribution in [3.8, 4) is 0 Å². The van der Waals surface area contributed by atoms with E-state index in [1.807, 2.05) is 12.1 Å². The van der Waals surface area contributed by atoms with Gasteiger partial charge in [0.25, 0.3) is 10.1 Å². The first kappa shape index (κ1) is 17.4. The fourth-order valence-corrected chi connectivity index (χ4v) is 4.89. The molecule has 138 valence electrons. The third-order valence-corrected chi connectivity index (χ3v) is 6.75. The molecule has 0 radical (unpaired) electrons. The predicted octanol–water partition coefficient (Wildman–Crippen LogP) is 2.00. The van der Waals surface area contributed by atoms with E-state index in [4.69, 9.17) is 13.7 Å². The fraction of sp³-hybridized carbons (Fsp3) is 0.667. The summed E-state index contributed by atoms with van der Waals surface area (Å²) >= 11 is 0. The molecule has 7 heteroatoms. The summed E-state index contributed by atoms with van der Waals surface area (Å²) in [4.78, 5) is 2.41. The first-order valence-electron chi connectivity index (χ1n) is 8.72. The maximum atomic E-state index is 12.4. The van der Waals surface area contributed by atoms with Crippen LogP contribution in [0.5, 0.6) is 0 Å². The van der Waals surface area contributed by atoms with Crippen LogP contribution in [-0.2, 0) is 30.3 Å². The maximum Gasteiger partial charge on any atom is 0.297 e. The van der Waals surface area contributed by atoms with E-state index in [-0.39, 0.29) is 28.9 Å². The van der Waals surface area contributed by atoms with Crippen LogP contribution in [0.1, 0.15) is 26.3 Å². The summed E-state index contributed by atoms with van der Waals surface area (Å²) in [6.07, 6.45) is 0. The SMILES string of the molecule is CC1CN2Cc3ccc(cc3)S(=O)(=O)OCC2C12OCC(C)(C)CO2. The topological polar surface area (TPSA) is 65.1 Å². The molecule has 2 fully saturated rings. The van der Waals surface area contributed by atoms with E-state index in [2.05, 4.69) is 25.7 Å². The van der Waals surface area contributed by atoms with Crippen molar-refractivity contribution in [1.29, 1.82) is 0 Å². The average Bonchev–Trinajstić information content (AvgIpc) is 2.81. The van der Waals surface area contributed by atoms with E-state index < -0.39 is 15.9 Å². The van der Waals surface area contributed by atoms with Crippen molar-refractivity contribution >= 4 is 10.1 Å². The molecule has 1 spiro atoms. The molecule has 2 bridgehead atoms. The Balaban J connectivity index is 1.70. The van der Waals surface area contributed by atoms with Gasteiger partial charge < -0.3 is 9.47 Å². The maximum absolute atomic E-state index is 12.4. The highest BCUT2D eigenvalue weighted by Crippen LogP contribution is 2.44. The number of fused-ring (bicyclic) bond motifs is 4. The summed E-state index contributed by atoms with van der Waals surface area (Å²) in [5.74, 6) is -0.693. The van der Waals surface area contributed by atoms with Crippen molar-refractivity contribution in [2.45, 2.75) is 44.0 Å². The van der Waals surface area contributed by atoms with Crippen LogP contribution in [0.25, 0.3) is 0 Å². The van der Waals surface area contributed by atoms with Crippen LogP contribution in [0.3, 0.4) is 0 Å². The Labute approximate surface area is 149 Å². The molecule has 0 aromatic heterocycles. The van der Waals surface area contributed by atoms with Gasteiger partial charge in [-0.25, -0.2) is 0 Å². The Morgan fingerprint density at radius 2 is 1.76 bits per heavy atom. The molecule has 2 atom stereocenters. The molecule has 0 aliphatic carbocycles. The molecule has 5 rings (SSSR count). The average molecular weight is 367 g/mol. The number of rotatable bonds is 0. The van der Waals surface area contributed by atoms with Crippen molar-refractivity contribution in [3.63, 3.8) is 0 Å². The third kappa shape index (κ3) is 2.92. The van der Waals surface area contributed by atoms with Crippen molar-refractivity contribution in [3.05, 3.63) is 29.8 Å². The Morgan fingerprint density at radius 1 is 1.12 bits per heavy atom. The molecule has 1 aromatic carbocycles. The monoisotopic (exact) mass is 367 g/mol. The number of nitrogens with zero attached hydrogens (tertiary/aromatic N) is 1. The molecule has 25 heavy (non-hydrogen) atoms. The van der Waals surface area contributed by atoms with Gasteiger partial charge >= 0.3 is 0 Å². The van der Waals surface area contributed by atoms with Crippen molar-refractivity contribution in [1.82, 2.24) is 4.90 Å². The molecule has 0 amide bonds. The molecule has 0 N–H and O–H groups in total. The van der Waals surface area contributed by atoms with Gasteiger partial charge in [0.1, 0.15) is 0 Å². The minimum absolute atomic E-state index is 0.0333. The largest absolute Gasteiger partial charge is 0.347 e. The lowest BCUT2D eigenvalue weighted by Gasteiger charge is -2.47. The molecule has 4 aliphatic rings. The van der Waals surface area contributed by atoms with Gasteiger partial charge in [-0.2, -0.15) is 8.42 Å². The highest BCUT2D eigenvalue weighted by molar-refractivity contribution is 7.86. The molecule has 1 aromatic rings. The zero-order valence-corrected chi connectivity index (χ0v) is 15.7. The van der Waals surface area contributed by atoms with Crippen molar-refractivity contribution < 1.29 is 22.1 Å². The number of ether oxygens (including phenoxy) is 2. The molecule has 4 heterocycles. The summed E-state index contributed by atoms with van der Waals surface area (Å²) in [6, 6.07) is 6.65. The van der Waals surface area contributed by atoms with Gasteiger partial charge in [0, 0.05) is 24.4 Å². The molecule has 6 nitrogen and oxygen atoms in total. The van der Waals surface area contributed by atoms with Crippen LogP contribution in [-0.4, -0.2) is 51.5 Å². The lowest BCUT2D eigenvalue weighted by Crippen LogP contribution is -2.58. The smallest absolute Gasteiger partial charge is 0.297 e. The number of hydrogen-bond donors (Lipinski definition) is 0. The Hall–Kier alpha value is -0.990. The van der Waals surface area contributed by atoms with E-state index in [1.54, 1.807) is 12.1 Å². The molecular formula is C18H25NO5S. The first-order chi connectivity index (χ1) is 11.7. The van der Waals surface area contributed by atoms with Gasteiger partial charge in [0.2, 0.25) is 0 Å². The van der Waals surface area contributed by atoms with Gasteiger partial charge in [-0.05, 0) is 17.7 Å². The Kier molecular flexibility index (Phi) is 4.01. The van der Waals surface area contributed by atoms with E-state index in [0.717, 1.165) is 18.7 Å². The minimum Gasteiger partial charge on any atom is -0.347 e. The third-order valence-electron chi connectivity index (χ3n) is 5.46. The summed E-state index contributed by atoms with van der Waals surface area (Å²) < 4.78 is 42.8. The molecule has 2 saturated heterocycles. The van der Waals surface area contributed by atoms with E-state index in [9.17, 15) is 8.42 Å². The van der Waals surface area contributed by atoms with Crippen molar-refractivity contribution in [2.75, 3.05) is 26.4 Å². The second-order valence-electron chi connectivity index (χ2n) is 8.19. The number of benzene rings is 1. The highest BCUT2D eigenvalue weighted by atomic mass is 32.2. The lowest BCUT2D eigenvalue weighted by molar-refractivity contribution is -0.323. The molecule has 4 aliphatic heterocycles. The van der Waals surface area contributed by atoms with Gasteiger partial charge in [0.15, 0.2) is 5.79 Å². The minimum atomic E-state index is -3.78. The summed E-state index contributed by atoms with van der Waals surface area (Å²) in [5, 5.41) is 0. The van der Waals surface area contributed by atoms with Crippen LogP contribution < -0.4 is 0 Å². The quantitative estimate of drug-likeness (QED) is 0.654. The molecular weight excluding hydrogens is 342 g/mol. The molecule has 2 unspecified atom stereocenters. The molecule has 0 saturated carbocycles. The van der Waals surface area contributed by atoms with Crippen LogP contribution in [0.15, 0.2) is 29.2 Å². The van der Waals surface area contributed by atoms with Crippen LogP contribution in [0, 0.1) is 11.3 Å². The van der Waals surface area contributed by atoms with Gasteiger partial charge in [-0.3, -0.25) is 9.08 Å². The van der Waals surface area contributed by atoms with Crippen LogP contribution in [0.2, 0.25) is 0 Å². The standard InChI is InChI=1S/C18H25NO5S/c1-13-8-19-9-14-4-6-15(7-5-14)25(20,21)24-10-16(19)18(13)22-11-17(2,3)12-23-18/h4-7,13,16H,8-12H2,1-3H3.